The number of hydrogen-bond acceptors (Lipinski definition) is 8. The quantitative estimate of drug-likeness (QED) is 0.269. The highest BCUT2D eigenvalue weighted by molar-refractivity contribution is 6.06. The molecule has 244 valence electrons. The molecule has 3 heterocycles. The Morgan fingerprint density at radius 1 is 0.957 bits per heavy atom. The Balaban J connectivity index is 1.67. The second-order valence-electron chi connectivity index (χ2n) is 10.9. The first-order valence-electron chi connectivity index (χ1n) is 14.4. The lowest BCUT2D eigenvalue weighted by Gasteiger charge is -2.36. The number of benzene rings is 2. The third kappa shape index (κ3) is 6.52. The van der Waals surface area contributed by atoms with Gasteiger partial charge in [0.15, 0.2) is 5.82 Å². The van der Waals surface area contributed by atoms with Crippen molar-refractivity contribution in [2.75, 3.05) is 37.5 Å². The van der Waals surface area contributed by atoms with E-state index in [2.05, 4.69) is 5.32 Å². The van der Waals surface area contributed by atoms with Gasteiger partial charge in [-0.25, -0.2) is 18.2 Å². The van der Waals surface area contributed by atoms with Gasteiger partial charge in [0, 0.05) is 56.9 Å². The molecule has 5 rings (SSSR count). The van der Waals surface area contributed by atoms with Gasteiger partial charge in [-0.05, 0) is 38.1 Å². The number of rotatable bonds is 9. The molecule has 0 radical (unpaired) electrons. The summed E-state index contributed by atoms with van der Waals surface area (Å²) in [5.74, 6) is -1.78. The van der Waals surface area contributed by atoms with Gasteiger partial charge in [-0.15, -0.1) is 0 Å². The van der Waals surface area contributed by atoms with Gasteiger partial charge in [0.05, 0.1) is 32.0 Å². The highest BCUT2D eigenvalue weighted by Crippen LogP contribution is 2.35. The van der Waals surface area contributed by atoms with Crippen LogP contribution in [0.1, 0.15) is 31.1 Å². The number of carbonyl (C=O) groups excluding carboxylic acids is 1. The van der Waals surface area contributed by atoms with E-state index < -0.39 is 40.7 Å². The van der Waals surface area contributed by atoms with Gasteiger partial charge in [-0.3, -0.25) is 14.3 Å². The molecular formula is C32H34F3N5O6. The molecule has 1 fully saturated rings. The Morgan fingerprint density at radius 3 is 2.09 bits per heavy atom. The zero-order valence-corrected chi connectivity index (χ0v) is 26.1. The van der Waals surface area contributed by atoms with Crippen LogP contribution in [-0.2, 0) is 11.8 Å². The van der Waals surface area contributed by atoms with Crippen molar-refractivity contribution in [1.82, 2.24) is 14.3 Å². The number of hydrogen-bond donors (Lipinski definition) is 1. The largest absolute Gasteiger partial charge is 0.497 e. The number of aromatic nitrogens is 3. The smallest absolute Gasteiger partial charge is 0.297 e. The van der Waals surface area contributed by atoms with Crippen molar-refractivity contribution in [3.8, 4) is 34.3 Å². The SMILES string of the molecule is COc1cc(N2C[C@@H](C)O[C@@H](C)C2)nc(-n2c(=O)c(NC(=O)c3ccc(OC(C)F)cc3)c(-c3c(F)cc(OC)cc3F)n2C)c1. The fraction of sp³-hybridized carbons (Fsp3) is 0.344. The van der Waals surface area contributed by atoms with Gasteiger partial charge in [0.2, 0.25) is 6.36 Å². The predicted molar refractivity (Wildman–Crippen MR) is 165 cm³/mol. The van der Waals surface area contributed by atoms with Crippen LogP contribution < -0.4 is 30.0 Å². The van der Waals surface area contributed by atoms with Crippen LogP contribution in [0.15, 0.2) is 53.3 Å². The van der Waals surface area contributed by atoms with E-state index in [9.17, 15) is 14.0 Å². The van der Waals surface area contributed by atoms with Crippen LogP contribution in [0.25, 0.3) is 17.1 Å². The van der Waals surface area contributed by atoms with E-state index in [-0.39, 0.29) is 40.8 Å². The first kappa shape index (κ1) is 32.4. The van der Waals surface area contributed by atoms with Gasteiger partial charge in [0.1, 0.15) is 46.1 Å². The minimum absolute atomic E-state index is 0.0755. The molecule has 0 spiro atoms. The first-order valence-corrected chi connectivity index (χ1v) is 14.4. The second-order valence-corrected chi connectivity index (χ2v) is 10.9. The van der Waals surface area contributed by atoms with Gasteiger partial charge in [-0.1, -0.05) is 0 Å². The van der Waals surface area contributed by atoms with E-state index in [1.807, 2.05) is 18.7 Å². The fourth-order valence-electron chi connectivity index (χ4n) is 5.45. The Bertz CT molecular complexity index is 1770. The predicted octanol–water partition coefficient (Wildman–Crippen LogP) is 5.09. The number of ether oxygens (including phenoxy) is 4. The molecule has 46 heavy (non-hydrogen) atoms. The summed E-state index contributed by atoms with van der Waals surface area (Å²) in [5, 5.41) is 2.53. The summed E-state index contributed by atoms with van der Waals surface area (Å²) >= 11 is 0. The standard InChI is InChI=1S/C32H34F3N5O6/c1-17-15-39(16-18(2)45-17)26-13-23(44-6)14-27(36-26)40-32(42)29(37-31(41)20-7-9-21(10-8-20)46-19(3)33)30(38(40)4)28-24(34)11-22(43-5)12-25(28)35/h7-14,17-19H,15-16H2,1-6H3,(H,37,41)/t17-,18+,19?. The van der Waals surface area contributed by atoms with Crippen LogP contribution in [0.4, 0.5) is 24.7 Å². The van der Waals surface area contributed by atoms with Gasteiger partial charge < -0.3 is 29.2 Å². The molecular weight excluding hydrogens is 607 g/mol. The van der Waals surface area contributed by atoms with E-state index in [0.717, 1.165) is 16.8 Å². The highest BCUT2D eigenvalue weighted by atomic mass is 19.1. The van der Waals surface area contributed by atoms with Crippen LogP contribution >= 0.6 is 0 Å². The number of methoxy groups -OCH3 is 2. The summed E-state index contributed by atoms with van der Waals surface area (Å²) in [4.78, 5) is 34.2. The van der Waals surface area contributed by atoms with Crippen molar-refractivity contribution >= 4 is 17.4 Å². The molecule has 3 atom stereocenters. The number of halogens is 3. The molecule has 0 saturated carbocycles. The van der Waals surface area contributed by atoms with E-state index in [1.54, 1.807) is 6.07 Å². The molecule has 1 N–H and O–H groups in total. The monoisotopic (exact) mass is 641 g/mol. The third-order valence-corrected chi connectivity index (χ3v) is 7.38. The van der Waals surface area contributed by atoms with Crippen molar-refractivity contribution in [3.05, 3.63) is 76.1 Å². The fourth-order valence-corrected chi connectivity index (χ4v) is 5.45. The minimum Gasteiger partial charge on any atom is -0.497 e. The average molecular weight is 642 g/mol. The van der Waals surface area contributed by atoms with Gasteiger partial charge in [0.25, 0.3) is 11.5 Å². The number of alkyl halides is 1. The number of anilines is 2. The molecule has 2 aromatic heterocycles. The van der Waals surface area contributed by atoms with Crippen molar-refractivity contribution in [2.45, 2.75) is 39.3 Å². The molecule has 1 aliphatic rings. The maximum absolute atomic E-state index is 15.5. The number of amides is 1. The van der Waals surface area contributed by atoms with E-state index in [0.29, 0.717) is 24.7 Å². The molecule has 2 aromatic carbocycles. The maximum Gasteiger partial charge on any atom is 0.297 e. The van der Waals surface area contributed by atoms with Crippen molar-refractivity contribution in [2.24, 2.45) is 7.05 Å². The lowest BCUT2D eigenvalue weighted by Crippen LogP contribution is -2.46. The van der Waals surface area contributed by atoms with E-state index >= 15 is 8.78 Å². The molecule has 4 aromatic rings. The highest BCUT2D eigenvalue weighted by Gasteiger charge is 2.29. The molecule has 1 amide bonds. The molecule has 1 saturated heterocycles. The molecule has 14 heteroatoms. The number of carbonyl (C=O) groups is 1. The maximum atomic E-state index is 15.5. The van der Waals surface area contributed by atoms with E-state index in [1.165, 1.54) is 63.2 Å². The van der Waals surface area contributed by atoms with Crippen LogP contribution in [0, 0.1) is 11.6 Å². The van der Waals surface area contributed by atoms with Crippen molar-refractivity contribution in [3.63, 3.8) is 0 Å². The Hall–Kier alpha value is -4.98. The summed E-state index contributed by atoms with van der Waals surface area (Å²) in [6.45, 7) is 6.13. The van der Waals surface area contributed by atoms with Crippen LogP contribution in [0.2, 0.25) is 0 Å². The summed E-state index contributed by atoms with van der Waals surface area (Å²) < 4.78 is 68.0. The normalized spacial score (nSPS) is 17.0. The first-order chi connectivity index (χ1) is 21.9. The number of pyridine rings is 1. The Labute approximate surface area is 263 Å². The Kier molecular flexibility index (Phi) is 9.28. The lowest BCUT2D eigenvalue weighted by atomic mass is 10.1. The zero-order chi connectivity index (χ0) is 33.3. The number of nitrogens with zero attached hydrogens (tertiary/aromatic N) is 4. The molecule has 0 aliphatic carbocycles. The lowest BCUT2D eigenvalue weighted by molar-refractivity contribution is -0.00548. The van der Waals surface area contributed by atoms with Crippen molar-refractivity contribution in [1.29, 1.82) is 0 Å². The second kappa shape index (κ2) is 13.2. The third-order valence-electron chi connectivity index (χ3n) is 7.38. The molecule has 11 nitrogen and oxygen atoms in total. The molecule has 1 unspecified atom stereocenters. The minimum atomic E-state index is -1.57. The Morgan fingerprint density at radius 2 is 1.52 bits per heavy atom. The molecule has 0 bridgehead atoms. The van der Waals surface area contributed by atoms with Crippen LogP contribution in [0.3, 0.4) is 0 Å². The van der Waals surface area contributed by atoms with E-state index in [4.69, 9.17) is 23.9 Å². The summed E-state index contributed by atoms with van der Waals surface area (Å²) in [5.41, 5.74) is -1.99. The van der Waals surface area contributed by atoms with Crippen LogP contribution in [-0.4, -0.2) is 66.1 Å². The van der Waals surface area contributed by atoms with Crippen molar-refractivity contribution < 1.29 is 36.9 Å². The molecule has 1 aliphatic heterocycles. The summed E-state index contributed by atoms with van der Waals surface area (Å²) in [6.07, 6.45) is -1.75. The van der Waals surface area contributed by atoms with Gasteiger partial charge in [-0.2, -0.15) is 4.68 Å². The summed E-state index contributed by atoms with van der Waals surface area (Å²) in [7, 11) is 4.14. The van der Waals surface area contributed by atoms with Gasteiger partial charge >= 0.3 is 0 Å². The number of morpholine rings is 1. The van der Waals surface area contributed by atoms with Crippen LogP contribution in [0.5, 0.6) is 17.2 Å². The zero-order valence-electron chi connectivity index (χ0n) is 26.1. The topological polar surface area (TPSA) is 109 Å². The summed E-state index contributed by atoms with van der Waals surface area (Å²) in [6, 6.07) is 10.6. The number of nitrogens with one attached hydrogen (secondary N) is 1. The average Bonchev–Trinajstić information content (AvgIpc) is 3.24.